The zero-order valence-corrected chi connectivity index (χ0v) is 16.9. The van der Waals surface area contributed by atoms with Gasteiger partial charge in [-0.1, -0.05) is 19.3 Å². The Bertz CT molecular complexity index is 665. The molecule has 0 unspecified atom stereocenters. The lowest BCUT2D eigenvalue weighted by molar-refractivity contribution is -0.901. The van der Waals surface area contributed by atoms with Gasteiger partial charge in [-0.2, -0.15) is 26.3 Å². The Hall–Kier alpha value is -0.600. The molecule has 6 nitrogen and oxygen atoms in total. The van der Waals surface area contributed by atoms with E-state index in [4.69, 9.17) is 0 Å². The van der Waals surface area contributed by atoms with Crippen LogP contribution in [0.3, 0.4) is 0 Å². The standard InChI is InChI=1S/C12H24N.C2F6NO4S2/c1-13(9-5-6-10-13)11-12-7-3-2-4-8-12;3-1(4,5)14(10,11)9-15(12,13)2(6,7)8/h12H,2-11H2,1H3;/q+1;-1. The van der Waals surface area contributed by atoms with Gasteiger partial charge in [0.1, 0.15) is 0 Å². The summed E-state index contributed by atoms with van der Waals surface area (Å²) in [5.74, 6) is 1.07. The Balaban J connectivity index is 0.000000281. The zero-order valence-electron chi connectivity index (χ0n) is 15.3. The number of rotatable bonds is 4. The molecule has 2 aliphatic rings. The normalized spacial score (nSPS) is 21.8. The van der Waals surface area contributed by atoms with E-state index in [0.29, 0.717) is 0 Å². The summed E-state index contributed by atoms with van der Waals surface area (Å²) in [7, 11) is -11.0. The van der Waals surface area contributed by atoms with Gasteiger partial charge in [0.25, 0.3) is 0 Å². The van der Waals surface area contributed by atoms with Crippen LogP contribution >= 0.6 is 0 Å². The second-order valence-electron chi connectivity index (χ2n) is 7.38. The van der Waals surface area contributed by atoms with Gasteiger partial charge in [-0.05, 0) is 12.8 Å². The largest absolute Gasteiger partial charge is 0.480 e. The summed E-state index contributed by atoms with van der Waals surface area (Å²) in [6.07, 6.45) is 10.5. The lowest BCUT2D eigenvalue weighted by Crippen LogP contribution is -2.44. The number of likely N-dealkylation sites (tertiary alicyclic amines) is 1. The molecule has 0 aromatic heterocycles. The molecular formula is C14H24F6N2O4S2. The fourth-order valence-corrected chi connectivity index (χ4v) is 5.20. The predicted molar refractivity (Wildman–Crippen MR) is 89.9 cm³/mol. The zero-order chi connectivity index (χ0) is 21.9. The van der Waals surface area contributed by atoms with Crippen molar-refractivity contribution in [2.75, 3.05) is 26.7 Å². The fourth-order valence-electron chi connectivity index (χ4n) is 3.49. The third-order valence-electron chi connectivity index (χ3n) is 4.85. The highest BCUT2D eigenvalue weighted by molar-refractivity contribution is 8.13. The van der Waals surface area contributed by atoms with Gasteiger partial charge in [0.05, 0.1) is 26.7 Å². The van der Waals surface area contributed by atoms with Crippen molar-refractivity contribution >= 4 is 20.0 Å². The van der Waals surface area contributed by atoms with Gasteiger partial charge in [-0.25, -0.2) is 16.8 Å². The molecule has 168 valence electrons. The molecule has 0 N–H and O–H groups in total. The monoisotopic (exact) mass is 462 g/mol. The van der Waals surface area contributed by atoms with Crippen molar-refractivity contribution in [2.24, 2.45) is 5.92 Å². The smallest absolute Gasteiger partial charge is 0.421 e. The third-order valence-corrected chi connectivity index (χ3v) is 7.59. The SMILES string of the molecule is C[N+]1(CC2CCCCC2)CCCC1.O=S(=O)([N-]S(=O)(=O)C(F)(F)F)C(F)(F)F. The van der Waals surface area contributed by atoms with Crippen molar-refractivity contribution in [1.29, 1.82) is 0 Å². The molecule has 1 saturated carbocycles. The second kappa shape index (κ2) is 9.04. The number of quaternary nitrogens is 1. The quantitative estimate of drug-likeness (QED) is 0.469. The average molecular weight is 462 g/mol. The van der Waals surface area contributed by atoms with Gasteiger partial charge in [0, 0.05) is 18.8 Å². The molecule has 1 heterocycles. The van der Waals surface area contributed by atoms with Crippen LogP contribution in [0.5, 0.6) is 0 Å². The lowest BCUT2D eigenvalue weighted by atomic mass is 9.88. The van der Waals surface area contributed by atoms with Crippen molar-refractivity contribution in [3.63, 3.8) is 0 Å². The average Bonchev–Trinajstić information content (AvgIpc) is 2.92. The van der Waals surface area contributed by atoms with Gasteiger partial charge in [-0.15, -0.1) is 0 Å². The molecule has 14 heteroatoms. The minimum absolute atomic E-state index is 0.778. The van der Waals surface area contributed by atoms with E-state index < -0.39 is 31.1 Å². The van der Waals surface area contributed by atoms with Crippen LogP contribution in [-0.2, 0) is 20.0 Å². The van der Waals surface area contributed by atoms with Crippen LogP contribution in [-0.4, -0.2) is 59.0 Å². The van der Waals surface area contributed by atoms with Gasteiger partial charge in [-0.3, -0.25) is 0 Å². The van der Waals surface area contributed by atoms with Crippen molar-refractivity contribution in [2.45, 2.75) is 56.0 Å². The maximum absolute atomic E-state index is 11.4. The molecular weight excluding hydrogens is 438 g/mol. The number of sulfonamides is 2. The molecule has 0 bridgehead atoms. The van der Waals surface area contributed by atoms with E-state index in [1.165, 1.54) is 69.1 Å². The van der Waals surface area contributed by atoms with Gasteiger partial charge < -0.3 is 8.61 Å². The molecule has 0 spiro atoms. The summed E-state index contributed by atoms with van der Waals surface area (Å²) in [6.45, 7) is 4.40. The summed E-state index contributed by atoms with van der Waals surface area (Å²) in [4.78, 5) is 0. The minimum Gasteiger partial charge on any atom is -0.421 e. The van der Waals surface area contributed by atoms with Crippen molar-refractivity contribution < 1.29 is 47.7 Å². The van der Waals surface area contributed by atoms with Crippen LogP contribution in [0.4, 0.5) is 26.3 Å². The summed E-state index contributed by atoms with van der Waals surface area (Å²) >= 11 is 0. The highest BCUT2D eigenvalue weighted by Crippen LogP contribution is 2.36. The Morgan fingerprint density at radius 2 is 1.18 bits per heavy atom. The molecule has 28 heavy (non-hydrogen) atoms. The molecule has 0 amide bonds. The Labute approximate surface area is 161 Å². The topological polar surface area (TPSA) is 82.4 Å². The molecule has 0 atom stereocenters. The van der Waals surface area contributed by atoms with Crippen LogP contribution < -0.4 is 0 Å². The van der Waals surface area contributed by atoms with E-state index in [9.17, 15) is 43.2 Å². The molecule has 1 aliphatic heterocycles. The Morgan fingerprint density at radius 1 is 0.786 bits per heavy atom. The minimum atomic E-state index is -6.72. The highest BCUT2D eigenvalue weighted by atomic mass is 32.3. The van der Waals surface area contributed by atoms with Crippen LogP contribution in [0.25, 0.3) is 4.13 Å². The summed E-state index contributed by atoms with van der Waals surface area (Å²) in [5.41, 5.74) is -12.4. The third kappa shape index (κ3) is 7.34. The highest BCUT2D eigenvalue weighted by Gasteiger charge is 2.46. The maximum Gasteiger partial charge on any atom is 0.480 e. The number of nitrogens with zero attached hydrogens (tertiary/aromatic N) is 2. The van der Waals surface area contributed by atoms with Crippen molar-refractivity contribution in [1.82, 2.24) is 0 Å². The van der Waals surface area contributed by atoms with Crippen LogP contribution in [0.15, 0.2) is 0 Å². The van der Waals surface area contributed by atoms with E-state index in [-0.39, 0.29) is 0 Å². The van der Waals surface area contributed by atoms with Crippen LogP contribution in [0.1, 0.15) is 44.9 Å². The summed E-state index contributed by atoms with van der Waals surface area (Å²) in [6, 6.07) is 0. The first kappa shape index (κ1) is 25.4. The molecule has 0 aromatic rings. The van der Waals surface area contributed by atoms with Gasteiger partial charge in [0.15, 0.2) is 20.0 Å². The van der Waals surface area contributed by atoms with Crippen LogP contribution in [0.2, 0.25) is 0 Å². The van der Waals surface area contributed by atoms with E-state index in [2.05, 4.69) is 7.05 Å². The first-order chi connectivity index (χ1) is 12.5. The number of hydrogen-bond donors (Lipinski definition) is 0. The van der Waals surface area contributed by atoms with Crippen molar-refractivity contribution in [3.8, 4) is 0 Å². The first-order valence-electron chi connectivity index (χ1n) is 8.69. The van der Waals surface area contributed by atoms with E-state index in [0.717, 1.165) is 10.0 Å². The number of halogens is 6. The lowest BCUT2D eigenvalue weighted by Gasteiger charge is -2.34. The first-order valence-corrected chi connectivity index (χ1v) is 11.6. The second-order valence-corrected chi connectivity index (χ2v) is 10.8. The molecule has 2 fully saturated rings. The molecule has 0 aromatic carbocycles. The van der Waals surface area contributed by atoms with E-state index >= 15 is 0 Å². The number of hydrogen-bond acceptors (Lipinski definition) is 4. The van der Waals surface area contributed by atoms with Crippen molar-refractivity contribution in [3.05, 3.63) is 4.13 Å². The number of alkyl halides is 6. The molecule has 0 radical (unpaired) electrons. The molecule has 1 aliphatic carbocycles. The molecule has 2 rings (SSSR count). The van der Waals surface area contributed by atoms with Gasteiger partial charge in [0.2, 0.25) is 0 Å². The van der Waals surface area contributed by atoms with E-state index in [1.807, 2.05) is 0 Å². The predicted octanol–water partition coefficient (Wildman–Crippen LogP) is 3.87. The Kier molecular flexibility index (Phi) is 8.21. The summed E-state index contributed by atoms with van der Waals surface area (Å²) < 4.78 is 111. The van der Waals surface area contributed by atoms with Gasteiger partial charge >= 0.3 is 11.0 Å². The Morgan fingerprint density at radius 3 is 1.54 bits per heavy atom. The molecule has 1 saturated heterocycles. The van der Waals surface area contributed by atoms with Crippen LogP contribution in [0, 0.1) is 5.92 Å². The maximum atomic E-state index is 11.4. The van der Waals surface area contributed by atoms with E-state index in [1.54, 1.807) is 0 Å². The summed E-state index contributed by atoms with van der Waals surface area (Å²) in [5, 5.41) is 0. The fraction of sp³-hybridized carbons (Fsp3) is 1.00.